The first-order valence-corrected chi connectivity index (χ1v) is 5.31. The number of rotatable bonds is 2. The Morgan fingerprint density at radius 1 is 1.50 bits per heavy atom. The summed E-state index contributed by atoms with van der Waals surface area (Å²) in [6.07, 6.45) is 2.10. The predicted octanol–water partition coefficient (Wildman–Crippen LogP) is 2.20. The van der Waals surface area contributed by atoms with E-state index >= 15 is 0 Å². The van der Waals surface area contributed by atoms with Gasteiger partial charge in [-0.05, 0) is 55.6 Å². The molecule has 14 heavy (non-hydrogen) atoms. The van der Waals surface area contributed by atoms with Gasteiger partial charge < -0.3 is 10.4 Å². The van der Waals surface area contributed by atoms with Gasteiger partial charge in [0, 0.05) is 5.02 Å². The van der Waals surface area contributed by atoms with Crippen molar-refractivity contribution in [3.05, 3.63) is 28.8 Å². The molecule has 1 aromatic rings. The minimum absolute atomic E-state index is 0.362. The summed E-state index contributed by atoms with van der Waals surface area (Å²) in [6.45, 7) is 2.14. The summed E-state index contributed by atoms with van der Waals surface area (Å²) in [5.41, 5.74) is 0.964. The standard InChI is InChI=1S/C11H14ClNO/c12-10-1-2-11(14)9(6-10)5-8-3-4-13-7-8/h1-2,6,8,13-14H,3-5,7H2. The number of phenols is 1. The number of phenolic OH excluding ortho intramolecular Hbond substituents is 1. The van der Waals surface area contributed by atoms with Crippen molar-refractivity contribution in [3.63, 3.8) is 0 Å². The summed E-state index contributed by atoms with van der Waals surface area (Å²) in [5, 5.41) is 13.6. The van der Waals surface area contributed by atoms with Crippen LogP contribution in [-0.2, 0) is 6.42 Å². The molecule has 0 aromatic heterocycles. The van der Waals surface area contributed by atoms with E-state index in [9.17, 15) is 5.11 Å². The molecule has 1 saturated heterocycles. The fraction of sp³-hybridized carbons (Fsp3) is 0.455. The first-order chi connectivity index (χ1) is 6.75. The van der Waals surface area contributed by atoms with E-state index in [0.29, 0.717) is 16.7 Å². The zero-order chi connectivity index (χ0) is 9.97. The van der Waals surface area contributed by atoms with Crippen molar-refractivity contribution in [2.75, 3.05) is 13.1 Å². The van der Waals surface area contributed by atoms with Crippen molar-refractivity contribution in [2.45, 2.75) is 12.8 Å². The smallest absolute Gasteiger partial charge is 0.118 e. The molecule has 1 atom stereocenters. The number of benzene rings is 1. The first-order valence-electron chi connectivity index (χ1n) is 4.94. The van der Waals surface area contributed by atoms with E-state index in [1.54, 1.807) is 12.1 Å². The van der Waals surface area contributed by atoms with Crippen LogP contribution in [0.4, 0.5) is 0 Å². The minimum atomic E-state index is 0.362. The molecular formula is C11H14ClNO. The number of aromatic hydroxyl groups is 1. The number of nitrogens with one attached hydrogen (secondary N) is 1. The van der Waals surface area contributed by atoms with Crippen LogP contribution < -0.4 is 5.32 Å². The Hall–Kier alpha value is -0.730. The summed E-state index contributed by atoms with van der Waals surface area (Å²) in [6, 6.07) is 5.24. The van der Waals surface area contributed by atoms with Crippen LogP contribution in [0.1, 0.15) is 12.0 Å². The lowest BCUT2D eigenvalue weighted by molar-refractivity contribution is 0.459. The highest BCUT2D eigenvalue weighted by Crippen LogP contribution is 2.25. The van der Waals surface area contributed by atoms with Crippen LogP contribution in [0.25, 0.3) is 0 Å². The van der Waals surface area contributed by atoms with Gasteiger partial charge in [-0.3, -0.25) is 0 Å². The maximum Gasteiger partial charge on any atom is 0.118 e. The third kappa shape index (κ3) is 2.20. The third-order valence-electron chi connectivity index (χ3n) is 2.71. The summed E-state index contributed by atoms with van der Waals surface area (Å²) >= 11 is 5.88. The van der Waals surface area contributed by atoms with Crippen molar-refractivity contribution in [2.24, 2.45) is 5.92 Å². The molecule has 3 heteroatoms. The second-order valence-electron chi connectivity index (χ2n) is 3.84. The Labute approximate surface area is 88.9 Å². The van der Waals surface area contributed by atoms with Crippen LogP contribution in [0.3, 0.4) is 0 Å². The van der Waals surface area contributed by atoms with Gasteiger partial charge in [-0.25, -0.2) is 0 Å². The van der Waals surface area contributed by atoms with Gasteiger partial charge in [-0.2, -0.15) is 0 Å². The highest BCUT2D eigenvalue weighted by molar-refractivity contribution is 6.30. The van der Waals surface area contributed by atoms with Crippen molar-refractivity contribution in [3.8, 4) is 5.75 Å². The lowest BCUT2D eigenvalue weighted by Gasteiger charge is -2.09. The Balaban J connectivity index is 2.10. The van der Waals surface area contributed by atoms with E-state index < -0.39 is 0 Å². The van der Waals surface area contributed by atoms with E-state index in [4.69, 9.17) is 11.6 Å². The maximum absolute atomic E-state index is 9.62. The molecular weight excluding hydrogens is 198 g/mol. The highest BCUT2D eigenvalue weighted by atomic mass is 35.5. The van der Waals surface area contributed by atoms with Gasteiger partial charge in [0.15, 0.2) is 0 Å². The van der Waals surface area contributed by atoms with Crippen molar-refractivity contribution in [1.82, 2.24) is 5.32 Å². The van der Waals surface area contributed by atoms with Crippen molar-refractivity contribution >= 4 is 11.6 Å². The van der Waals surface area contributed by atoms with Crippen LogP contribution in [0, 0.1) is 5.92 Å². The van der Waals surface area contributed by atoms with Crippen molar-refractivity contribution in [1.29, 1.82) is 0 Å². The van der Waals surface area contributed by atoms with Gasteiger partial charge in [-0.15, -0.1) is 0 Å². The number of halogens is 1. The second kappa shape index (κ2) is 4.20. The second-order valence-corrected chi connectivity index (χ2v) is 4.27. The SMILES string of the molecule is Oc1ccc(Cl)cc1CC1CCNC1. The largest absolute Gasteiger partial charge is 0.508 e. The summed E-state index contributed by atoms with van der Waals surface area (Å²) < 4.78 is 0. The molecule has 1 heterocycles. The fourth-order valence-electron chi connectivity index (χ4n) is 1.92. The van der Waals surface area contributed by atoms with Crippen molar-refractivity contribution < 1.29 is 5.11 Å². The first kappa shape index (κ1) is 9.81. The topological polar surface area (TPSA) is 32.3 Å². The average Bonchev–Trinajstić information content (AvgIpc) is 2.64. The quantitative estimate of drug-likeness (QED) is 0.786. The molecule has 2 rings (SSSR count). The molecule has 1 fully saturated rings. The molecule has 1 aliphatic heterocycles. The molecule has 0 bridgehead atoms. The normalized spacial score (nSPS) is 21.4. The Kier molecular flexibility index (Phi) is 2.94. The van der Waals surface area contributed by atoms with E-state index in [2.05, 4.69) is 5.32 Å². The minimum Gasteiger partial charge on any atom is -0.508 e. The molecule has 1 aliphatic rings. The van der Waals surface area contributed by atoms with Crippen LogP contribution >= 0.6 is 11.6 Å². The number of hydrogen-bond acceptors (Lipinski definition) is 2. The Bertz CT molecular complexity index is 321. The Morgan fingerprint density at radius 3 is 3.07 bits per heavy atom. The highest BCUT2D eigenvalue weighted by Gasteiger charge is 2.16. The number of hydrogen-bond donors (Lipinski definition) is 2. The van der Waals surface area contributed by atoms with Crippen LogP contribution in [0.2, 0.25) is 5.02 Å². The summed E-state index contributed by atoms with van der Waals surface area (Å²) in [4.78, 5) is 0. The fourth-order valence-corrected chi connectivity index (χ4v) is 2.11. The molecule has 0 saturated carbocycles. The molecule has 2 nitrogen and oxygen atoms in total. The summed E-state index contributed by atoms with van der Waals surface area (Å²) in [5.74, 6) is 1.00. The van der Waals surface area contributed by atoms with E-state index in [0.717, 1.165) is 25.1 Å². The van der Waals surface area contributed by atoms with E-state index in [1.807, 2.05) is 6.07 Å². The monoisotopic (exact) mass is 211 g/mol. The molecule has 0 spiro atoms. The molecule has 0 amide bonds. The average molecular weight is 212 g/mol. The van der Waals surface area contributed by atoms with E-state index in [-0.39, 0.29) is 0 Å². The Morgan fingerprint density at radius 2 is 2.36 bits per heavy atom. The van der Waals surface area contributed by atoms with Crippen LogP contribution in [-0.4, -0.2) is 18.2 Å². The predicted molar refractivity (Wildman–Crippen MR) is 57.8 cm³/mol. The van der Waals surface area contributed by atoms with Crippen LogP contribution in [0.5, 0.6) is 5.75 Å². The molecule has 0 radical (unpaired) electrons. The van der Waals surface area contributed by atoms with Gasteiger partial charge in [0.1, 0.15) is 5.75 Å². The molecule has 2 N–H and O–H groups in total. The maximum atomic E-state index is 9.62. The molecule has 1 unspecified atom stereocenters. The molecule has 1 aromatic carbocycles. The summed E-state index contributed by atoms with van der Waals surface area (Å²) in [7, 11) is 0. The lowest BCUT2D eigenvalue weighted by Crippen LogP contribution is -2.10. The zero-order valence-corrected chi connectivity index (χ0v) is 8.72. The van der Waals surface area contributed by atoms with Crippen LogP contribution in [0.15, 0.2) is 18.2 Å². The van der Waals surface area contributed by atoms with Gasteiger partial charge in [0.2, 0.25) is 0 Å². The van der Waals surface area contributed by atoms with Gasteiger partial charge in [0.25, 0.3) is 0 Å². The van der Waals surface area contributed by atoms with Gasteiger partial charge >= 0.3 is 0 Å². The van der Waals surface area contributed by atoms with Gasteiger partial charge in [0.05, 0.1) is 0 Å². The van der Waals surface area contributed by atoms with Gasteiger partial charge in [-0.1, -0.05) is 11.6 Å². The molecule has 0 aliphatic carbocycles. The molecule has 76 valence electrons. The van der Waals surface area contributed by atoms with E-state index in [1.165, 1.54) is 6.42 Å². The lowest BCUT2D eigenvalue weighted by atomic mass is 9.98. The zero-order valence-electron chi connectivity index (χ0n) is 7.96. The third-order valence-corrected chi connectivity index (χ3v) is 2.95.